The molecule has 0 aromatic heterocycles. The van der Waals surface area contributed by atoms with Crippen molar-refractivity contribution in [3.63, 3.8) is 0 Å². The number of aliphatic carboxylic acids is 1. The van der Waals surface area contributed by atoms with E-state index in [1.165, 1.54) is 0 Å². The molecule has 0 bridgehead atoms. The standard InChI is InChI=1S/C12H23NO4S/c1-3-12(4-2,11(14)15)9-13-18(16,17)10-7-5-6-8-10/h10,13H,3-9H2,1-2H3,(H,14,15). The summed E-state index contributed by atoms with van der Waals surface area (Å²) in [5, 5.41) is 8.92. The summed E-state index contributed by atoms with van der Waals surface area (Å²) in [7, 11) is -3.36. The number of hydrogen-bond acceptors (Lipinski definition) is 3. The van der Waals surface area contributed by atoms with Crippen molar-refractivity contribution in [3.05, 3.63) is 0 Å². The first-order valence-electron chi connectivity index (χ1n) is 6.60. The van der Waals surface area contributed by atoms with E-state index in [0.717, 1.165) is 12.8 Å². The summed E-state index contributed by atoms with van der Waals surface area (Å²) in [6.07, 6.45) is 4.10. The van der Waals surface area contributed by atoms with Gasteiger partial charge in [0, 0.05) is 6.54 Å². The molecule has 1 fully saturated rings. The molecule has 0 spiro atoms. The summed E-state index contributed by atoms with van der Waals surface area (Å²) >= 11 is 0. The zero-order chi connectivity index (χ0) is 13.8. The third-order valence-electron chi connectivity index (χ3n) is 4.16. The predicted octanol–water partition coefficient (Wildman–Crippen LogP) is 1.74. The average Bonchev–Trinajstić information content (AvgIpc) is 2.84. The van der Waals surface area contributed by atoms with Gasteiger partial charge in [0.05, 0.1) is 10.7 Å². The van der Waals surface area contributed by atoms with Gasteiger partial charge in [-0.3, -0.25) is 4.79 Å². The topological polar surface area (TPSA) is 83.5 Å². The Labute approximate surface area is 109 Å². The number of hydrogen-bond donors (Lipinski definition) is 2. The summed E-state index contributed by atoms with van der Waals surface area (Å²) in [5.41, 5.74) is -0.980. The second kappa shape index (κ2) is 6.02. The maximum Gasteiger partial charge on any atom is 0.310 e. The lowest BCUT2D eigenvalue weighted by atomic mass is 9.83. The molecule has 1 aliphatic carbocycles. The minimum absolute atomic E-state index is 0.00579. The monoisotopic (exact) mass is 277 g/mol. The molecule has 6 heteroatoms. The van der Waals surface area contributed by atoms with Crippen LogP contribution in [0.1, 0.15) is 52.4 Å². The maximum absolute atomic E-state index is 12.0. The quantitative estimate of drug-likeness (QED) is 0.742. The van der Waals surface area contributed by atoms with Crippen molar-refractivity contribution in [2.24, 2.45) is 5.41 Å². The molecular formula is C12H23NO4S. The molecule has 0 aliphatic heterocycles. The van der Waals surface area contributed by atoms with Gasteiger partial charge in [-0.15, -0.1) is 0 Å². The van der Waals surface area contributed by atoms with E-state index in [2.05, 4.69) is 4.72 Å². The Morgan fingerprint density at radius 1 is 1.28 bits per heavy atom. The number of carbonyl (C=O) groups is 1. The summed E-state index contributed by atoms with van der Waals surface area (Å²) < 4.78 is 26.6. The van der Waals surface area contributed by atoms with E-state index in [9.17, 15) is 18.3 Å². The van der Waals surface area contributed by atoms with Crippen LogP contribution in [0.5, 0.6) is 0 Å². The first kappa shape index (κ1) is 15.4. The van der Waals surface area contributed by atoms with E-state index in [-0.39, 0.29) is 11.8 Å². The summed E-state index contributed by atoms with van der Waals surface area (Å²) in [5.74, 6) is -0.929. The molecule has 0 radical (unpaired) electrons. The number of rotatable bonds is 7. The number of nitrogens with one attached hydrogen (secondary N) is 1. The van der Waals surface area contributed by atoms with Gasteiger partial charge in [-0.2, -0.15) is 0 Å². The fourth-order valence-corrected chi connectivity index (χ4v) is 4.10. The van der Waals surface area contributed by atoms with Gasteiger partial charge in [0.15, 0.2) is 0 Å². The van der Waals surface area contributed by atoms with Gasteiger partial charge < -0.3 is 5.11 Å². The third-order valence-corrected chi connectivity index (χ3v) is 6.06. The van der Waals surface area contributed by atoms with Crippen molar-refractivity contribution in [1.82, 2.24) is 4.72 Å². The van der Waals surface area contributed by atoms with Crippen molar-refractivity contribution >= 4 is 16.0 Å². The molecule has 0 heterocycles. The first-order valence-corrected chi connectivity index (χ1v) is 8.14. The van der Waals surface area contributed by atoms with Crippen molar-refractivity contribution in [2.75, 3.05) is 6.54 Å². The second-order valence-corrected chi connectivity index (χ2v) is 7.11. The fraction of sp³-hybridized carbons (Fsp3) is 0.917. The van der Waals surface area contributed by atoms with Gasteiger partial charge in [-0.25, -0.2) is 13.1 Å². The lowest BCUT2D eigenvalue weighted by Crippen LogP contribution is -2.44. The van der Waals surface area contributed by atoms with Crippen LogP contribution in [0.4, 0.5) is 0 Å². The molecule has 0 amide bonds. The van der Waals surface area contributed by atoms with Crippen LogP contribution >= 0.6 is 0 Å². The van der Waals surface area contributed by atoms with Gasteiger partial charge in [-0.1, -0.05) is 26.7 Å². The molecule has 1 aliphatic rings. The zero-order valence-corrected chi connectivity index (χ0v) is 11.9. The van der Waals surface area contributed by atoms with Gasteiger partial charge in [0.2, 0.25) is 10.0 Å². The molecule has 0 saturated heterocycles. The Morgan fingerprint density at radius 3 is 2.17 bits per heavy atom. The van der Waals surface area contributed by atoms with Crippen molar-refractivity contribution in [1.29, 1.82) is 0 Å². The summed E-state index contributed by atoms with van der Waals surface area (Å²) in [6, 6.07) is 0. The van der Waals surface area contributed by atoms with E-state index in [4.69, 9.17) is 0 Å². The highest BCUT2D eigenvalue weighted by molar-refractivity contribution is 7.90. The Balaban J connectivity index is 2.70. The van der Waals surface area contributed by atoms with Crippen LogP contribution in [0.2, 0.25) is 0 Å². The van der Waals surface area contributed by atoms with Gasteiger partial charge in [-0.05, 0) is 25.7 Å². The molecule has 0 unspecified atom stereocenters. The van der Waals surface area contributed by atoms with E-state index < -0.39 is 21.4 Å². The Kier molecular flexibility index (Phi) is 5.16. The van der Waals surface area contributed by atoms with Crippen LogP contribution in [-0.2, 0) is 14.8 Å². The molecule has 2 N–H and O–H groups in total. The minimum atomic E-state index is -3.36. The van der Waals surface area contributed by atoms with Gasteiger partial charge >= 0.3 is 5.97 Å². The van der Waals surface area contributed by atoms with Crippen LogP contribution < -0.4 is 4.72 Å². The zero-order valence-electron chi connectivity index (χ0n) is 11.1. The number of carboxylic acids is 1. The smallest absolute Gasteiger partial charge is 0.310 e. The average molecular weight is 277 g/mol. The Hall–Kier alpha value is -0.620. The molecule has 1 rings (SSSR count). The van der Waals surface area contributed by atoms with Gasteiger partial charge in [0.1, 0.15) is 0 Å². The summed E-state index contributed by atoms with van der Waals surface area (Å²) in [4.78, 5) is 11.3. The van der Waals surface area contributed by atoms with E-state index in [1.54, 1.807) is 13.8 Å². The largest absolute Gasteiger partial charge is 0.481 e. The maximum atomic E-state index is 12.0. The molecule has 1 saturated carbocycles. The Morgan fingerprint density at radius 2 is 1.78 bits per heavy atom. The SMILES string of the molecule is CCC(CC)(CNS(=O)(=O)C1CCCC1)C(=O)O. The molecule has 18 heavy (non-hydrogen) atoms. The number of sulfonamides is 1. The van der Waals surface area contributed by atoms with Crippen LogP contribution in [0, 0.1) is 5.41 Å². The van der Waals surface area contributed by atoms with Crippen LogP contribution in [0.15, 0.2) is 0 Å². The molecule has 5 nitrogen and oxygen atoms in total. The normalized spacial score (nSPS) is 18.1. The Bertz CT molecular complexity index is 381. The van der Waals surface area contributed by atoms with E-state index in [1.807, 2.05) is 0 Å². The van der Waals surface area contributed by atoms with Crippen molar-refractivity contribution in [2.45, 2.75) is 57.6 Å². The number of carboxylic acid groups (broad SMARTS) is 1. The highest BCUT2D eigenvalue weighted by Crippen LogP contribution is 2.28. The fourth-order valence-electron chi connectivity index (χ4n) is 2.43. The van der Waals surface area contributed by atoms with Gasteiger partial charge in [0.25, 0.3) is 0 Å². The second-order valence-electron chi connectivity index (χ2n) is 5.07. The van der Waals surface area contributed by atoms with Crippen LogP contribution in [-0.4, -0.2) is 31.3 Å². The van der Waals surface area contributed by atoms with E-state index in [0.29, 0.717) is 25.7 Å². The first-order chi connectivity index (χ1) is 8.38. The van der Waals surface area contributed by atoms with Crippen molar-refractivity contribution < 1.29 is 18.3 Å². The van der Waals surface area contributed by atoms with Crippen LogP contribution in [0.3, 0.4) is 0 Å². The third kappa shape index (κ3) is 3.23. The summed E-state index contributed by atoms with van der Waals surface area (Å²) in [6.45, 7) is 3.55. The minimum Gasteiger partial charge on any atom is -0.481 e. The lowest BCUT2D eigenvalue weighted by molar-refractivity contribution is -0.149. The molecule has 0 atom stereocenters. The molecular weight excluding hydrogens is 254 g/mol. The molecule has 106 valence electrons. The predicted molar refractivity (Wildman–Crippen MR) is 69.8 cm³/mol. The molecule has 0 aromatic carbocycles. The lowest BCUT2D eigenvalue weighted by Gasteiger charge is -2.27. The van der Waals surface area contributed by atoms with E-state index >= 15 is 0 Å². The van der Waals surface area contributed by atoms with Crippen LogP contribution in [0.25, 0.3) is 0 Å². The highest BCUT2D eigenvalue weighted by atomic mass is 32.2. The van der Waals surface area contributed by atoms with Crippen molar-refractivity contribution in [3.8, 4) is 0 Å². The highest BCUT2D eigenvalue weighted by Gasteiger charge is 2.37. The molecule has 0 aromatic rings.